The minimum Gasteiger partial charge on any atom is -0.345 e. The van der Waals surface area contributed by atoms with Crippen molar-refractivity contribution in [3.63, 3.8) is 0 Å². The second-order valence-electron chi connectivity index (χ2n) is 7.54. The van der Waals surface area contributed by atoms with E-state index < -0.39 is 0 Å². The lowest BCUT2D eigenvalue weighted by Gasteiger charge is -2.32. The predicted molar refractivity (Wildman–Crippen MR) is 114 cm³/mol. The van der Waals surface area contributed by atoms with Crippen LogP contribution in [0.4, 0.5) is 0 Å². The zero-order chi connectivity index (χ0) is 19.6. The number of pyridine rings is 1. The summed E-state index contributed by atoms with van der Waals surface area (Å²) in [6.45, 7) is 1.49. The Labute approximate surface area is 169 Å². The van der Waals surface area contributed by atoms with Crippen molar-refractivity contribution in [3.05, 3.63) is 84.3 Å². The molecule has 144 valence electrons. The Morgan fingerprint density at radius 3 is 2.83 bits per heavy atom. The molecule has 1 aliphatic heterocycles. The number of aromatic amines is 1. The van der Waals surface area contributed by atoms with Crippen LogP contribution in [0, 0.1) is 0 Å². The summed E-state index contributed by atoms with van der Waals surface area (Å²) in [6, 6.07) is 22.1. The molecule has 1 aliphatic rings. The van der Waals surface area contributed by atoms with Crippen molar-refractivity contribution in [1.29, 1.82) is 0 Å². The molecule has 1 atom stereocenters. The Hall–Kier alpha value is -3.47. The largest absolute Gasteiger partial charge is 0.345 e. The van der Waals surface area contributed by atoms with E-state index >= 15 is 0 Å². The van der Waals surface area contributed by atoms with Gasteiger partial charge in [0.05, 0.1) is 23.1 Å². The molecule has 4 aromatic rings. The normalized spacial score (nSPS) is 16.8. The summed E-state index contributed by atoms with van der Waals surface area (Å²) in [5.41, 5.74) is 5.63. The molecule has 0 aliphatic carbocycles. The van der Waals surface area contributed by atoms with Crippen LogP contribution in [0.25, 0.3) is 22.3 Å². The Bertz CT molecular complexity index is 1150. The lowest BCUT2D eigenvalue weighted by atomic mass is 9.93. The van der Waals surface area contributed by atoms with Gasteiger partial charge >= 0.3 is 0 Å². The quantitative estimate of drug-likeness (QED) is 0.561. The van der Waals surface area contributed by atoms with Crippen LogP contribution in [0.5, 0.6) is 0 Å². The third-order valence-corrected chi connectivity index (χ3v) is 5.63. The fourth-order valence-corrected chi connectivity index (χ4v) is 4.10. The first-order valence-corrected chi connectivity index (χ1v) is 10.0. The number of aromatic nitrogens is 3. The fraction of sp³-hybridized carbons (Fsp3) is 0.208. The molecule has 5 heteroatoms. The van der Waals surface area contributed by atoms with E-state index in [1.807, 2.05) is 47.4 Å². The first kappa shape index (κ1) is 17.6. The maximum Gasteiger partial charge on any atom is 0.253 e. The SMILES string of the molecule is O=C(c1ccc2nc[nH]c2c1)N1CCC[C@@H](c2cccc(-c3ccccc3)n2)C1. The van der Waals surface area contributed by atoms with E-state index in [-0.39, 0.29) is 11.8 Å². The Kier molecular flexibility index (Phi) is 4.56. The van der Waals surface area contributed by atoms with Gasteiger partial charge in [-0.25, -0.2) is 4.98 Å². The maximum atomic E-state index is 13.1. The van der Waals surface area contributed by atoms with Crippen LogP contribution in [0.1, 0.15) is 34.8 Å². The van der Waals surface area contributed by atoms with Gasteiger partial charge in [-0.15, -0.1) is 0 Å². The number of likely N-dealkylation sites (tertiary alicyclic amines) is 1. The first-order chi connectivity index (χ1) is 14.3. The lowest BCUT2D eigenvalue weighted by Crippen LogP contribution is -2.39. The topological polar surface area (TPSA) is 61.9 Å². The van der Waals surface area contributed by atoms with Gasteiger partial charge in [-0.1, -0.05) is 36.4 Å². The zero-order valence-corrected chi connectivity index (χ0v) is 16.1. The van der Waals surface area contributed by atoms with E-state index in [4.69, 9.17) is 4.98 Å². The molecule has 1 fully saturated rings. The number of imidazole rings is 1. The molecule has 2 aromatic heterocycles. The second-order valence-corrected chi connectivity index (χ2v) is 7.54. The van der Waals surface area contributed by atoms with Crippen LogP contribution >= 0.6 is 0 Å². The van der Waals surface area contributed by atoms with Gasteiger partial charge in [-0.3, -0.25) is 9.78 Å². The third kappa shape index (κ3) is 3.51. The van der Waals surface area contributed by atoms with E-state index in [0.29, 0.717) is 12.1 Å². The van der Waals surface area contributed by atoms with Crippen LogP contribution in [-0.2, 0) is 0 Å². The molecule has 0 radical (unpaired) electrons. The molecule has 3 heterocycles. The molecule has 0 spiro atoms. The summed E-state index contributed by atoms with van der Waals surface area (Å²) >= 11 is 0. The summed E-state index contributed by atoms with van der Waals surface area (Å²) < 4.78 is 0. The number of fused-ring (bicyclic) bond motifs is 1. The molecule has 0 saturated carbocycles. The van der Waals surface area contributed by atoms with E-state index in [2.05, 4.69) is 34.2 Å². The van der Waals surface area contributed by atoms with Gasteiger partial charge in [0.15, 0.2) is 0 Å². The number of benzene rings is 2. The summed E-state index contributed by atoms with van der Waals surface area (Å²) in [5, 5.41) is 0. The fourth-order valence-electron chi connectivity index (χ4n) is 4.10. The van der Waals surface area contributed by atoms with E-state index in [9.17, 15) is 4.79 Å². The minimum atomic E-state index is 0.0745. The third-order valence-electron chi connectivity index (χ3n) is 5.63. The standard InChI is InChI=1S/C24H22N4O/c29-24(18-11-12-22-23(14-18)26-16-25-22)28-13-5-8-19(15-28)21-10-4-9-20(27-21)17-6-2-1-3-7-17/h1-4,6-7,9-12,14,16,19H,5,8,13,15H2,(H,25,26)/t19-/m1/s1. The number of piperidine rings is 1. The molecule has 1 N–H and O–H groups in total. The number of hydrogen-bond acceptors (Lipinski definition) is 3. The smallest absolute Gasteiger partial charge is 0.253 e. The highest BCUT2D eigenvalue weighted by Gasteiger charge is 2.26. The van der Waals surface area contributed by atoms with Crippen molar-refractivity contribution >= 4 is 16.9 Å². The van der Waals surface area contributed by atoms with Gasteiger partial charge in [0.25, 0.3) is 5.91 Å². The molecular formula is C24H22N4O. The van der Waals surface area contributed by atoms with Gasteiger partial charge in [0.1, 0.15) is 0 Å². The van der Waals surface area contributed by atoms with Crippen molar-refractivity contribution in [2.75, 3.05) is 13.1 Å². The minimum absolute atomic E-state index is 0.0745. The van der Waals surface area contributed by atoms with Gasteiger partial charge in [-0.05, 0) is 43.2 Å². The zero-order valence-electron chi connectivity index (χ0n) is 16.1. The van der Waals surface area contributed by atoms with E-state index in [0.717, 1.165) is 47.4 Å². The highest BCUT2D eigenvalue weighted by atomic mass is 16.2. The number of H-pyrrole nitrogens is 1. The monoisotopic (exact) mass is 382 g/mol. The molecule has 5 nitrogen and oxygen atoms in total. The van der Waals surface area contributed by atoms with Gasteiger partial charge in [0.2, 0.25) is 0 Å². The van der Waals surface area contributed by atoms with Crippen molar-refractivity contribution in [2.24, 2.45) is 0 Å². The molecule has 29 heavy (non-hydrogen) atoms. The Morgan fingerprint density at radius 2 is 1.93 bits per heavy atom. The molecule has 0 unspecified atom stereocenters. The predicted octanol–water partition coefficient (Wildman–Crippen LogP) is 4.64. The van der Waals surface area contributed by atoms with Crippen molar-refractivity contribution in [3.8, 4) is 11.3 Å². The van der Waals surface area contributed by atoms with E-state index in [1.54, 1.807) is 6.33 Å². The summed E-state index contributed by atoms with van der Waals surface area (Å²) in [7, 11) is 0. The average molecular weight is 382 g/mol. The van der Waals surface area contributed by atoms with Gasteiger partial charge in [-0.2, -0.15) is 0 Å². The van der Waals surface area contributed by atoms with Crippen LogP contribution in [0.2, 0.25) is 0 Å². The summed E-state index contributed by atoms with van der Waals surface area (Å²) in [4.78, 5) is 27.3. The van der Waals surface area contributed by atoms with Crippen LogP contribution < -0.4 is 0 Å². The molecular weight excluding hydrogens is 360 g/mol. The van der Waals surface area contributed by atoms with Crippen LogP contribution in [-0.4, -0.2) is 38.8 Å². The molecule has 0 bridgehead atoms. The Balaban J connectivity index is 1.37. The van der Waals surface area contributed by atoms with Crippen molar-refractivity contribution in [2.45, 2.75) is 18.8 Å². The number of rotatable bonds is 3. The van der Waals surface area contributed by atoms with Gasteiger partial charge in [0, 0.05) is 35.8 Å². The van der Waals surface area contributed by atoms with Crippen molar-refractivity contribution < 1.29 is 4.79 Å². The summed E-state index contributed by atoms with van der Waals surface area (Å²) in [6.07, 6.45) is 3.69. The van der Waals surface area contributed by atoms with Crippen LogP contribution in [0.15, 0.2) is 73.1 Å². The van der Waals surface area contributed by atoms with Gasteiger partial charge < -0.3 is 9.88 Å². The number of amides is 1. The molecule has 2 aromatic carbocycles. The summed E-state index contributed by atoms with van der Waals surface area (Å²) in [5.74, 6) is 0.331. The van der Waals surface area contributed by atoms with Crippen LogP contribution in [0.3, 0.4) is 0 Å². The number of carbonyl (C=O) groups excluding carboxylic acids is 1. The maximum absolute atomic E-state index is 13.1. The lowest BCUT2D eigenvalue weighted by molar-refractivity contribution is 0.0706. The van der Waals surface area contributed by atoms with Crippen molar-refractivity contribution in [1.82, 2.24) is 19.9 Å². The second kappa shape index (κ2) is 7.51. The number of nitrogens with zero attached hydrogens (tertiary/aromatic N) is 3. The Morgan fingerprint density at radius 1 is 1.03 bits per heavy atom. The first-order valence-electron chi connectivity index (χ1n) is 10.0. The number of nitrogens with one attached hydrogen (secondary N) is 1. The average Bonchev–Trinajstić information content (AvgIpc) is 3.27. The molecule has 5 rings (SSSR count). The number of carbonyl (C=O) groups is 1. The molecule has 1 saturated heterocycles. The number of hydrogen-bond donors (Lipinski definition) is 1. The highest BCUT2D eigenvalue weighted by Crippen LogP contribution is 2.28. The highest BCUT2D eigenvalue weighted by molar-refractivity contribution is 5.97. The van der Waals surface area contributed by atoms with E-state index in [1.165, 1.54) is 0 Å². The molecule has 1 amide bonds.